The predicted octanol–water partition coefficient (Wildman–Crippen LogP) is 10.1. The van der Waals surface area contributed by atoms with Crippen molar-refractivity contribution in [2.45, 2.75) is 27.1 Å². The van der Waals surface area contributed by atoms with E-state index in [2.05, 4.69) is 9.98 Å². The van der Waals surface area contributed by atoms with Crippen molar-refractivity contribution in [3.8, 4) is 0 Å². The lowest BCUT2D eigenvalue weighted by Crippen LogP contribution is -2.29. The Hall–Kier alpha value is -5.66. The Balaban J connectivity index is 1.22. The van der Waals surface area contributed by atoms with Crippen LogP contribution in [0.3, 0.4) is 0 Å². The number of fused-ring (bicyclic) bond motifs is 6. The van der Waals surface area contributed by atoms with Gasteiger partial charge in [0.25, 0.3) is 17.1 Å². The van der Waals surface area contributed by atoms with Crippen LogP contribution in [0.15, 0.2) is 94.9 Å². The molecule has 2 aliphatic rings. The summed E-state index contributed by atoms with van der Waals surface area (Å²) in [7, 11) is 0. The van der Waals surface area contributed by atoms with Crippen LogP contribution < -0.4 is 0 Å². The van der Waals surface area contributed by atoms with Crippen molar-refractivity contribution in [1.29, 1.82) is 0 Å². The van der Waals surface area contributed by atoms with Crippen molar-refractivity contribution in [2.75, 3.05) is 13.1 Å². The molecule has 6 heterocycles. The van der Waals surface area contributed by atoms with E-state index in [1.165, 1.54) is 36.7 Å². The number of rotatable bonds is 8. The van der Waals surface area contributed by atoms with Crippen molar-refractivity contribution in [3.63, 3.8) is 0 Å². The fraction of sp³-hybridized carbons (Fsp3) is 0.150. The smallest absolute Gasteiger partial charge is 0.419 e. The van der Waals surface area contributed by atoms with Gasteiger partial charge in [0.05, 0.1) is 31.5 Å². The summed E-state index contributed by atoms with van der Waals surface area (Å²) in [5, 5.41) is 2.02. The molecule has 3 amide bonds. The number of carbonyl (C=O) groups is 5. The highest BCUT2D eigenvalue weighted by molar-refractivity contribution is 8.35. The highest BCUT2D eigenvalue weighted by atomic mass is 32.2. The van der Waals surface area contributed by atoms with E-state index in [4.69, 9.17) is 21.7 Å². The van der Waals surface area contributed by atoms with Crippen LogP contribution in [0.25, 0.3) is 42.2 Å². The van der Waals surface area contributed by atoms with Crippen LogP contribution in [0.4, 0.5) is 24.4 Å². The number of aromatic nitrogens is 2. The van der Waals surface area contributed by atoms with Gasteiger partial charge in [0.15, 0.2) is 10.1 Å². The number of benzene rings is 3. The van der Waals surface area contributed by atoms with E-state index in [0.29, 0.717) is 63.1 Å². The summed E-state index contributed by atoms with van der Waals surface area (Å²) >= 11 is 9.82. The van der Waals surface area contributed by atoms with Gasteiger partial charge < -0.3 is 9.47 Å². The molecule has 2 saturated heterocycles. The van der Waals surface area contributed by atoms with Gasteiger partial charge in [-0.15, -0.1) is 22.7 Å². The van der Waals surface area contributed by atoms with E-state index < -0.39 is 23.3 Å². The van der Waals surface area contributed by atoms with Gasteiger partial charge in [-0.05, 0) is 72.8 Å². The summed E-state index contributed by atoms with van der Waals surface area (Å²) in [4.78, 5) is 78.6. The fourth-order valence-electron chi connectivity index (χ4n) is 6.74. The molecule has 2 fully saturated rings. The Morgan fingerprint density at radius 1 is 0.621 bits per heavy atom. The van der Waals surface area contributed by atoms with Gasteiger partial charge in [-0.1, -0.05) is 72.9 Å². The second kappa shape index (κ2) is 15.3. The van der Waals surface area contributed by atoms with Gasteiger partial charge in [0.2, 0.25) is 0 Å². The third kappa shape index (κ3) is 6.59. The molecule has 0 atom stereocenters. The molecule has 0 N–H and O–H groups in total. The van der Waals surface area contributed by atoms with Gasteiger partial charge in [-0.25, -0.2) is 28.7 Å². The fourth-order valence-corrected chi connectivity index (χ4v) is 11.1. The molecular weight excluding hydrogens is 837 g/mol. The number of nitrogens with zero attached hydrogens (tertiary/aromatic N) is 6. The first-order chi connectivity index (χ1) is 28.1. The number of ether oxygens (including phenoxy) is 2. The predicted molar refractivity (Wildman–Crippen MR) is 234 cm³/mol. The van der Waals surface area contributed by atoms with Crippen LogP contribution in [0, 0.1) is 0 Å². The summed E-state index contributed by atoms with van der Waals surface area (Å²) in [5.41, 5.74) is 3.60. The number of thiophene rings is 2. The second-order valence-electron chi connectivity index (χ2n) is 12.9. The number of thioether (sulfide) groups is 2. The third-order valence-electron chi connectivity index (χ3n) is 9.46. The summed E-state index contributed by atoms with van der Waals surface area (Å²) < 4.78 is 16.4. The molecule has 4 aromatic heterocycles. The lowest BCUT2D eigenvalue weighted by atomic mass is 10.2. The molecule has 9 rings (SSSR count). The lowest BCUT2D eigenvalue weighted by molar-refractivity contribution is -0.120. The Labute approximate surface area is 350 Å². The van der Waals surface area contributed by atoms with E-state index in [0.717, 1.165) is 39.6 Å². The van der Waals surface area contributed by atoms with E-state index in [1.54, 1.807) is 19.1 Å². The zero-order valence-electron chi connectivity index (χ0n) is 30.5. The summed E-state index contributed by atoms with van der Waals surface area (Å²) in [6.07, 6.45) is -1.29. The minimum Gasteiger partial charge on any atom is -0.444 e. The van der Waals surface area contributed by atoms with Crippen LogP contribution in [-0.4, -0.2) is 75.7 Å². The minimum absolute atomic E-state index is 0.0145. The van der Waals surface area contributed by atoms with Gasteiger partial charge in [-0.3, -0.25) is 24.2 Å². The van der Waals surface area contributed by atoms with Crippen LogP contribution >= 0.6 is 58.4 Å². The molecule has 58 heavy (non-hydrogen) atoms. The number of imide groups is 1. The third-order valence-corrected chi connectivity index (χ3v) is 13.7. The molecule has 3 aromatic carbocycles. The summed E-state index contributed by atoms with van der Waals surface area (Å²) in [5.74, 6) is -0.765. The van der Waals surface area contributed by atoms with E-state index in [9.17, 15) is 24.0 Å². The highest BCUT2D eigenvalue weighted by Crippen LogP contribution is 2.46. The number of hydrogen-bond donors (Lipinski definition) is 0. The number of hydrogen-bond acceptors (Lipinski definition) is 14. The van der Waals surface area contributed by atoms with Gasteiger partial charge in [-0.2, -0.15) is 0 Å². The first-order valence-electron chi connectivity index (χ1n) is 17.9. The second-order valence-corrected chi connectivity index (χ2v) is 17.5. The topological polar surface area (TPSA) is 145 Å². The number of thiocarbonyl (C=S) groups is 1. The van der Waals surface area contributed by atoms with Crippen molar-refractivity contribution in [3.05, 3.63) is 96.1 Å². The first kappa shape index (κ1) is 37.9. The monoisotopic (exact) mass is 864 g/mol. The number of amides is 3. The Morgan fingerprint density at radius 3 is 1.50 bits per heavy atom. The maximum Gasteiger partial charge on any atom is 0.419 e. The van der Waals surface area contributed by atoms with E-state index in [-0.39, 0.29) is 35.8 Å². The van der Waals surface area contributed by atoms with Crippen LogP contribution in [0.2, 0.25) is 0 Å². The van der Waals surface area contributed by atoms with Crippen molar-refractivity contribution in [2.24, 2.45) is 9.98 Å². The van der Waals surface area contributed by atoms with Gasteiger partial charge in [0.1, 0.15) is 27.5 Å². The Morgan fingerprint density at radius 2 is 1.07 bits per heavy atom. The average Bonchev–Trinajstić information content (AvgIpc) is 4.05. The first-order valence-corrected chi connectivity index (χ1v) is 21.5. The standard InChI is InChI=1S/C40H28N6O7S5/c1-3-43-35(47)33(57-39(43)51)41-29-17-27-31(55-29)23-15-26-24(16-25(23)45(27)37(49)52-19-21-11-7-5-8-12-21)32-28(46(26)38(50)53-20-22-13-9-6-10-14-22)18-30(56-32)42-34-36(48)44(4-2)40(54)58-34/h5-18H,3-4,19-20H2,1-2H3/b41-33-,42-34-. The summed E-state index contributed by atoms with van der Waals surface area (Å²) in [6, 6.07) is 25.7. The minimum atomic E-state index is -0.650. The van der Waals surface area contributed by atoms with Gasteiger partial charge >= 0.3 is 12.2 Å². The number of aliphatic imine (C=N–C) groups is 2. The SMILES string of the molecule is CCN1C(=O)S/C(=N\c2cc3c(s2)c2cc4c(cc2n3C(=O)OCc2ccccc2)c2sc(/N=C3\SC(=S)N(CC)C3=O)cc2n4C(=O)OCc2ccccc2)C1=O. The Bertz CT molecular complexity index is 2760. The maximum absolute atomic E-state index is 14.1. The molecule has 0 unspecified atom stereocenters. The molecule has 0 aliphatic carbocycles. The largest absolute Gasteiger partial charge is 0.444 e. The quantitative estimate of drug-likeness (QED) is 0.135. The molecule has 0 radical (unpaired) electrons. The lowest BCUT2D eigenvalue weighted by Gasteiger charge is -2.09. The Kier molecular flexibility index (Phi) is 9.97. The van der Waals surface area contributed by atoms with Crippen LogP contribution in [0.5, 0.6) is 0 Å². The maximum atomic E-state index is 14.1. The molecule has 2 aliphatic heterocycles. The molecule has 0 bridgehead atoms. The average molecular weight is 865 g/mol. The number of carbonyl (C=O) groups excluding carboxylic acids is 5. The molecular formula is C40H28N6O7S5. The van der Waals surface area contributed by atoms with Gasteiger partial charge in [0, 0.05) is 23.9 Å². The normalized spacial score (nSPS) is 16.2. The molecule has 18 heteroatoms. The van der Waals surface area contributed by atoms with Crippen molar-refractivity contribution in [1.82, 2.24) is 18.9 Å². The zero-order chi connectivity index (χ0) is 40.2. The molecule has 7 aromatic rings. The highest BCUT2D eigenvalue weighted by Gasteiger charge is 2.36. The van der Waals surface area contributed by atoms with Crippen molar-refractivity contribution >= 4 is 154 Å². The summed E-state index contributed by atoms with van der Waals surface area (Å²) in [6.45, 7) is 4.23. The van der Waals surface area contributed by atoms with Crippen LogP contribution in [-0.2, 0) is 32.3 Å². The van der Waals surface area contributed by atoms with Crippen molar-refractivity contribution < 1.29 is 33.4 Å². The molecule has 13 nitrogen and oxygen atoms in total. The molecule has 0 saturated carbocycles. The molecule has 290 valence electrons. The van der Waals surface area contributed by atoms with E-state index >= 15 is 0 Å². The zero-order valence-corrected chi connectivity index (χ0v) is 34.6. The van der Waals surface area contributed by atoms with E-state index in [1.807, 2.05) is 79.7 Å². The van der Waals surface area contributed by atoms with Crippen LogP contribution in [0.1, 0.15) is 25.0 Å². The molecule has 0 spiro atoms.